The summed E-state index contributed by atoms with van der Waals surface area (Å²) in [5.41, 5.74) is 1.08. The number of hydrogen-bond acceptors (Lipinski definition) is 4. The third-order valence-electron chi connectivity index (χ3n) is 3.51. The van der Waals surface area contributed by atoms with Gasteiger partial charge in [0.1, 0.15) is 10.6 Å². The monoisotopic (exact) mass is 394 g/mol. The summed E-state index contributed by atoms with van der Waals surface area (Å²) >= 11 is 5.98. The Labute approximate surface area is 157 Å². The van der Waals surface area contributed by atoms with Gasteiger partial charge in [-0.25, -0.2) is 13.1 Å². The number of rotatable bonds is 8. The number of methoxy groups -OCH3 is 1. The lowest BCUT2D eigenvalue weighted by atomic mass is 10.2. The number of ether oxygens (including phenoxy) is 1. The molecule has 8 heteroatoms. The minimum Gasteiger partial charge on any atom is -0.497 e. The number of sulfonamides is 1. The highest BCUT2D eigenvalue weighted by atomic mass is 35.5. The van der Waals surface area contributed by atoms with Gasteiger partial charge in [0.25, 0.3) is 5.91 Å². The van der Waals surface area contributed by atoms with Gasteiger partial charge in [-0.15, -0.1) is 6.58 Å². The number of amides is 1. The van der Waals surface area contributed by atoms with E-state index in [1.165, 1.54) is 24.3 Å². The SMILES string of the molecule is C=CCNS(=O)(=O)c1cc(C(=O)NCc2ccc(OC)cc2)ccc1Cl. The molecular formula is C18H19ClN2O4S. The van der Waals surface area contributed by atoms with E-state index < -0.39 is 15.9 Å². The first kappa shape index (κ1) is 20.0. The summed E-state index contributed by atoms with van der Waals surface area (Å²) < 4.78 is 31.9. The van der Waals surface area contributed by atoms with Crippen LogP contribution >= 0.6 is 11.6 Å². The van der Waals surface area contributed by atoms with E-state index >= 15 is 0 Å². The number of nitrogens with one attached hydrogen (secondary N) is 2. The van der Waals surface area contributed by atoms with Gasteiger partial charge in [-0.05, 0) is 35.9 Å². The Morgan fingerprint density at radius 1 is 1.23 bits per heavy atom. The van der Waals surface area contributed by atoms with Crippen molar-refractivity contribution in [3.8, 4) is 5.75 Å². The maximum Gasteiger partial charge on any atom is 0.251 e. The highest BCUT2D eigenvalue weighted by molar-refractivity contribution is 7.89. The zero-order chi connectivity index (χ0) is 19.2. The predicted octanol–water partition coefficient (Wildman–Crippen LogP) is 2.74. The molecule has 2 aromatic rings. The minimum atomic E-state index is -3.83. The zero-order valence-electron chi connectivity index (χ0n) is 14.2. The molecule has 138 valence electrons. The molecule has 0 saturated heterocycles. The Morgan fingerprint density at radius 3 is 2.54 bits per heavy atom. The Balaban J connectivity index is 2.13. The average molecular weight is 395 g/mol. The Bertz CT molecular complexity index is 896. The largest absolute Gasteiger partial charge is 0.497 e. The lowest BCUT2D eigenvalue weighted by Gasteiger charge is -2.10. The topological polar surface area (TPSA) is 84.5 Å². The summed E-state index contributed by atoms with van der Waals surface area (Å²) in [5.74, 6) is 0.317. The van der Waals surface area contributed by atoms with Crippen LogP contribution in [0.5, 0.6) is 5.75 Å². The van der Waals surface area contributed by atoms with Crippen LogP contribution in [0.4, 0.5) is 0 Å². The van der Waals surface area contributed by atoms with Crippen molar-refractivity contribution in [1.29, 1.82) is 0 Å². The Morgan fingerprint density at radius 2 is 1.92 bits per heavy atom. The number of halogens is 1. The molecule has 2 rings (SSSR count). The van der Waals surface area contributed by atoms with Crippen molar-refractivity contribution in [2.45, 2.75) is 11.4 Å². The smallest absolute Gasteiger partial charge is 0.251 e. The molecule has 26 heavy (non-hydrogen) atoms. The molecule has 2 N–H and O–H groups in total. The molecule has 0 saturated carbocycles. The molecular weight excluding hydrogens is 376 g/mol. The molecule has 0 spiro atoms. The van der Waals surface area contributed by atoms with Crippen LogP contribution in [-0.2, 0) is 16.6 Å². The van der Waals surface area contributed by atoms with Crippen molar-refractivity contribution in [1.82, 2.24) is 10.0 Å². The highest BCUT2D eigenvalue weighted by Crippen LogP contribution is 2.22. The second-order valence-electron chi connectivity index (χ2n) is 5.32. The summed E-state index contributed by atoms with van der Waals surface area (Å²) in [6, 6.07) is 11.3. The molecule has 0 aliphatic rings. The molecule has 1 amide bonds. The lowest BCUT2D eigenvalue weighted by Crippen LogP contribution is -2.26. The maximum absolute atomic E-state index is 12.3. The highest BCUT2D eigenvalue weighted by Gasteiger charge is 2.19. The van der Waals surface area contributed by atoms with Crippen molar-refractivity contribution in [2.75, 3.05) is 13.7 Å². The van der Waals surface area contributed by atoms with E-state index in [9.17, 15) is 13.2 Å². The first-order valence-electron chi connectivity index (χ1n) is 7.68. The van der Waals surface area contributed by atoms with E-state index in [0.29, 0.717) is 6.54 Å². The molecule has 0 aliphatic carbocycles. The van der Waals surface area contributed by atoms with Crippen LogP contribution in [-0.4, -0.2) is 28.0 Å². The molecule has 0 aromatic heterocycles. The van der Waals surface area contributed by atoms with E-state index in [4.69, 9.17) is 16.3 Å². The fraction of sp³-hybridized carbons (Fsp3) is 0.167. The summed E-state index contributed by atoms with van der Waals surface area (Å²) in [6.45, 7) is 3.81. The van der Waals surface area contributed by atoms with Crippen molar-refractivity contribution in [3.63, 3.8) is 0 Å². The fourth-order valence-electron chi connectivity index (χ4n) is 2.12. The van der Waals surface area contributed by atoms with Crippen LogP contribution in [0.25, 0.3) is 0 Å². The van der Waals surface area contributed by atoms with E-state index in [1.807, 2.05) is 12.1 Å². The second-order valence-corrected chi connectivity index (χ2v) is 7.46. The summed E-state index contributed by atoms with van der Waals surface area (Å²) in [6.07, 6.45) is 1.41. The summed E-state index contributed by atoms with van der Waals surface area (Å²) in [7, 11) is -2.25. The fourth-order valence-corrected chi connectivity index (χ4v) is 3.65. The van der Waals surface area contributed by atoms with Crippen LogP contribution in [0.1, 0.15) is 15.9 Å². The second kappa shape index (κ2) is 8.84. The van der Waals surface area contributed by atoms with Crippen LogP contribution in [0, 0.1) is 0 Å². The Kier molecular flexibility index (Phi) is 6.79. The number of carbonyl (C=O) groups excluding carboxylic acids is 1. The number of benzene rings is 2. The first-order chi connectivity index (χ1) is 12.4. The van der Waals surface area contributed by atoms with E-state index in [1.54, 1.807) is 19.2 Å². The van der Waals surface area contributed by atoms with Gasteiger partial charge >= 0.3 is 0 Å². The van der Waals surface area contributed by atoms with Gasteiger partial charge in [-0.1, -0.05) is 29.8 Å². The van der Waals surface area contributed by atoms with Gasteiger partial charge in [0.2, 0.25) is 10.0 Å². The molecule has 2 aromatic carbocycles. The standard InChI is InChI=1S/C18H19ClN2O4S/c1-3-10-21-26(23,24)17-11-14(6-9-16(17)19)18(22)20-12-13-4-7-15(25-2)8-5-13/h3-9,11,21H,1,10,12H2,2H3,(H,20,22). The van der Waals surface area contributed by atoms with Crippen molar-refractivity contribution in [2.24, 2.45) is 0 Å². The molecule has 6 nitrogen and oxygen atoms in total. The van der Waals surface area contributed by atoms with Gasteiger partial charge < -0.3 is 10.1 Å². The average Bonchev–Trinajstić information content (AvgIpc) is 2.65. The quantitative estimate of drug-likeness (QED) is 0.674. The lowest BCUT2D eigenvalue weighted by molar-refractivity contribution is 0.0950. The van der Waals surface area contributed by atoms with Crippen molar-refractivity contribution < 1.29 is 17.9 Å². The van der Waals surface area contributed by atoms with Crippen LogP contribution < -0.4 is 14.8 Å². The minimum absolute atomic E-state index is 0.0354. The van der Waals surface area contributed by atoms with Gasteiger partial charge in [-0.3, -0.25) is 4.79 Å². The zero-order valence-corrected chi connectivity index (χ0v) is 15.7. The van der Waals surface area contributed by atoms with Crippen LogP contribution in [0.15, 0.2) is 60.0 Å². The molecule has 0 bridgehead atoms. The van der Waals surface area contributed by atoms with Gasteiger partial charge in [0.05, 0.1) is 12.1 Å². The third-order valence-corrected chi connectivity index (χ3v) is 5.42. The van der Waals surface area contributed by atoms with Crippen LogP contribution in [0.2, 0.25) is 5.02 Å². The summed E-state index contributed by atoms with van der Waals surface area (Å²) in [5, 5.41) is 2.78. The van der Waals surface area contributed by atoms with Gasteiger partial charge in [0.15, 0.2) is 0 Å². The number of hydrogen-bond donors (Lipinski definition) is 2. The van der Waals surface area contributed by atoms with E-state index in [-0.39, 0.29) is 22.0 Å². The molecule has 0 unspecified atom stereocenters. The molecule has 0 aliphatic heterocycles. The molecule has 0 atom stereocenters. The summed E-state index contributed by atoms with van der Waals surface area (Å²) in [4.78, 5) is 12.2. The first-order valence-corrected chi connectivity index (χ1v) is 9.54. The van der Waals surface area contributed by atoms with Crippen LogP contribution in [0.3, 0.4) is 0 Å². The van der Waals surface area contributed by atoms with Gasteiger partial charge in [-0.2, -0.15) is 0 Å². The van der Waals surface area contributed by atoms with Crippen molar-refractivity contribution >= 4 is 27.5 Å². The maximum atomic E-state index is 12.3. The molecule has 0 heterocycles. The van der Waals surface area contributed by atoms with E-state index in [0.717, 1.165) is 11.3 Å². The number of carbonyl (C=O) groups is 1. The van der Waals surface area contributed by atoms with E-state index in [2.05, 4.69) is 16.6 Å². The van der Waals surface area contributed by atoms with Crippen molar-refractivity contribution in [3.05, 3.63) is 71.3 Å². The van der Waals surface area contributed by atoms with Gasteiger partial charge in [0, 0.05) is 18.7 Å². The Hall–Kier alpha value is -2.35. The normalized spacial score (nSPS) is 11.0. The predicted molar refractivity (Wildman–Crippen MR) is 101 cm³/mol. The third kappa shape index (κ3) is 5.08. The molecule has 0 radical (unpaired) electrons. The molecule has 0 fully saturated rings.